The monoisotopic (exact) mass is 261 g/mol. The topological polar surface area (TPSA) is 98.8 Å². The third-order valence-corrected chi connectivity index (χ3v) is 2.82. The average Bonchev–Trinajstić information content (AvgIpc) is 2.23. The molecule has 17 heavy (non-hydrogen) atoms. The molecule has 0 amide bonds. The van der Waals surface area contributed by atoms with Gasteiger partial charge in [-0.15, -0.1) is 0 Å². The smallest absolute Gasteiger partial charge is 0.264 e. The molecule has 1 aromatic carbocycles. The summed E-state index contributed by atoms with van der Waals surface area (Å²) in [4.78, 5) is 0. The minimum absolute atomic E-state index is 0.186. The van der Waals surface area contributed by atoms with Crippen molar-refractivity contribution in [3.8, 4) is 11.5 Å². The van der Waals surface area contributed by atoms with Gasteiger partial charge in [-0.05, 0) is 18.6 Å². The van der Waals surface area contributed by atoms with Gasteiger partial charge in [0, 0.05) is 6.07 Å². The maximum Gasteiger partial charge on any atom is 0.264 e. The molecule has 0 aliphatic carbocycles. The molecule has 0 heterocycles. The largest absolute Gasteiger partial charge is 0.495 e. The SMILES string of the molecule is COc1ccc(OCCCS(=O)(=O)O)cc1N. The minimum atomic E-state index is -3.92. The minimum Gasteiger partial charge on any atom is -0.495 e. The Bertz CT molecular complexity index is 472. The lowest BCUT2D eigenvalue weighted by Gasteiger charge is -2.08. The first-order chi connectivity index (χ1) is 7.92. The molecular weight excluding hydrogens is 246 g/mol. The number of anilines is 1. The van der Waals surface area contributed by atoms with E-state index in [1.165, 1.54) is 7.11 Å². The van der Waals surface area contributed by atoms with E-state index in [4.69, 9.17) is 19.8 Å². The van der Waals surface area contributed by atoms with Crippen molar-refractivity contribution in [2.24, 2.45) is 0 Å². The second-order valence-corrected chi connectivity index (χ2v) is 4.96. The first kappa shape index (κ1) is 13.6. The van der Waals surface area contributed by atoms with E-state index in [2.05, 4.69) is 0 Å². The number of rotatable bonds is 6. The third-order valence-electron chi connectivity index (χ3n) is 2.02. The lowest BCUT2D eigenvalue weighted by Crippen LogP contribution is -2.08. The van der Waals surface area contributed by atoms with Gasteiger partial charge in [0.05, 0.1) is 25.2 Å². The molecule has 0 radical (unpaired) electrons. The molecule has 0 aliphatic heterocycles. The number of nitrogen functional groups attached to an aromatic ring is 1. The van der Waals surface area contributed by atoms with Crippen molar-refractivity contribution in [3.63, 3.8) is 0 Å². The molecule has 0 fully saturated rings. The fourth-order valence-corrected chi connectivity index (χ4v) is 1.72. The van der Waals surface area contributed by atoms with E-state index in [9.17, 15) is 8.42 Å². The van der Waals surface area contributed by atoms with Crippen LogP contribution in [0.5, 0.6) is 11.5 Å². The van der Waals surface area contributed by atoms with Crippen LogP contribution in [0.2, 0.25) is 0 Å². The van der Waals surface area contributed by atoms with Crippen LogP contribution in [-0.2, 0) is 10.1 Å². The molecule has 0 aliphatic rings. The van der Waals surface area contributed by atoms with E-state index in [-0.39, 0.29) is 18.8 Å². The van der Waals surface area contributed by atoms with Crippen LogP contribution in [0, 0.1) is 0 Å². The molecule has 0 saturated carbocycles. The van der Waals surface area contributed by atoms with Crippen molar-refractivity contribution in [2.75, 3.05) is 25.2 Å². The number of ether oxygens (including phenoxy) is 2. The molecule has 0 atom stereocenters. The van der Waals surface area contributed by atoms with Gasteiger partial charge in [0.15, 0.2) is 0 Å². The maximum absolute atomic E-state index is 10.4. The summed E-state index contributed by atoms with van der Waals surface area (Å²) in [5.74, 6) is 0.757. The van der Waals surface area contributed by atoms with Crippen LogP contribution in [0.15, 0.2) is 18.2 Å². The number of benzene rings is 1. The summed E-state index contributed by atoms with van der Waals surface area (Å²) in [6.07, 6.45) is 0.213. The highest BCUT2D eigenvalue weighted by atomic mass is 32.2. The molecule has 0 saturated heterocycles. The van der Waals surface area contributed by atoms with E-state index in [1.54, 1.807) is 18.2 Å². The number of methoxy groups -OCH3 is 1. The fourth-order valence-electron chi connectivity index (χ4n) is 1.23. The molecule has 96 valence electrons. The van der Waals surface area contributed by atoms with E-state index < -0.39 is 10.1 Å². The highest BCUT2D eigenvalue weighted by molar-refractivity contribution is 7.85. The number of nitrogens with two attached hydrogens (primary N) is 1. The Balaban J connectivity index is 2.45. The van der Waals surface area contributed by atoms with Crippen LogP contribution < -0.4 is 15.2 Å². The van der Waals surface area contributed by atoms with Crippen LogP contribution in [0.25, 0.3) is 0 Å². The molecule has 0 unspecified atom stereocenters. The molecule has 6 nitrogen and oxygen atoms in total. The lowest BCUT2D eigenvalue weighted by molar-refractivity contribution is 0.315. The summed E-state index contributed by atoms with van der Waals surface area (Å²) in [5, 5.41) is 0. The molecule has 3 N–H and O–H groups in total. The van der Waals surface area contributed by atoms with Gasteiger partial charge in [-0.2, -0.15) is 8.42 Å². The van der Waals surface area contributed by atoms with Crippen molar-refractivity contribution in [1.82, 2.24) is 0 Å². The van der Waals surface area contributed by atoms with Gasteiger partial charge >= 0.3 is 0 Å². The zero-order valence-corrected chi connectivity index (χ0v) is 10.2. The Labute approximate surface area is 100 Å². The predicted molar refractivity (Wildman–Crippen MR) is 63.9 cm³/mol. The summed E-state index contributed by atoms with van der Waals surface area (Å²) in [7, 11) is -2.41. The van der Waals surface area contributed by atoms with Crippen molar-refractivity contribution in [1.29, 1.82) is 0 Å². The summed E-state index contributed by atoms with van der Waals surface area (Å²) < 4.78 is 39.6. The lowest BCUT2D eigenvalue weighted by atomic mass is 10.3. The van der Waals surface area contributed by atoms with E-state index >= 15 is 0 Å². The van der Waals surface area contributed by atoms with E-state index in [0.29, 0.717) is 17.2 Å². The van der Waals surface area contributed by atoms with Crippen LogP contribution in [0.4, 0.5) is 5.69 Å². The van der Waals surface area contributed by atoms with Crippen LogP contribution in [0.1, 0.15) is 6.42 Å². The molecule has 0 bridgehead atoms. The summed E-state index contributed by atoms with van der Waals surface area (Å²) in [6.45, 7) is 0.186. The molecule has 0 aromatic heterocycles. The van der Waals surface area contributed by atoms with E-state index in [1.807, 2.05) is 0 Å². The van der Waals surface area contributed by atoms with Gasteiger partial charge in [-0.25, -0.2) is 0 Å². The average molecular weight is 261 g/mol. The Morgan fingerprint density at radius 2 is 2.12 bits per heavy atom. The highest BCUT2D eigenvalue weighted by Crippen LogP contribution is 2.25. The zero-order chi connectivity index (χ0) is 12.9. The third kappa shape index (κ3) is 4.92. The van der Waals surface area contributed by atoms with Gasteiger partial charge in [0.1, 0.15) is 11.5 Å². The molecule has 7 heteroatoms. The van der Waals surface area contributed by atoms with Gasteiger partial charge in [0.25, 0.3) is 10.1 Å². The highest BCUT2D eigenvalue weighted by Gasteiger charge is 2.05. The van der Waals surface area contributed by atoms with Crippen molar-refractivity contribution in [2.45, 2.75) is 6.42 Å². The maximum atomic E-state index is 10.4. The fraction of sp³-hybridized carbons (Fsp3) is 0.400. The predicted octanol–water partition coefficient (Wildman–Crippen LogP) is 0.934. The van der Waals surface area contributed by atoms with Crippen molar-refractivity contribution < 1.29 is 22.4 Å². The quantitative estimate of drug-likeness (QED) is 0.449. The van der Waals surface area contributed by atoms with Gasteiger partial charge in [-0.1, -0.05) is 0 Å². The Hall–Kier alpha value is -1.47. The van der Waals surface area contributed by atoms with Gasteiger partial charge in [-0.3, -0.25) is 4.55 Å². The Morgan fingerprint density at radius 3 is 2.65 bits per heavy atom. The molecule has 0 spiro atoms. The van der Waals surface area contributed by atoms with Crippen LogP contribution in [-0.4, -0.2) is 32.4 Å². The number of hydrogen-bond acceptors (Lipinski definition) is 5. The van der Waals surface area contributed by atoms with Gasteiger partial charge in [0.2, 0.25) is 0 Å². The second-order valence-electron chi connectivity index (χ2n) is 3.39. The first-order valence-corrected chi connectivity index (χ1v) is 6.55. The zero-order valence-electron chi connectivity index (χ0n) is 9.42. The summed E-state index contributed by atoms with van der Waals surface area (Å²) in [5.41, 5.74) is 6.11. The number of hydrogen-bond donors (Lipinski definition) is 2. The molecule has 1 aromatic rings. The van der Waals surface area contributed by atoms with Crippen molar-refractivity contribution in [3.05, 3.63) is 18.2 Å². The standard InChI is InChI=1S/C10H15NO5S/c1-15-10-4-3-8(7-9(10)11)16-5-2-6-17(12,13)14/h3-4,7H,2,5-6,11H2,1H3,(H,12,13,14). The Morgan fingerprint density at radius 1 is 1.41 bits per heavy atom. The van der Waals surface area contributed by atoms with Crippen LogP contribution >= 0.6 is 0 Å². The van der Waals surface area contributed by atoms with Crippen LogP contribution in [0.3, 0.4) is 0 Å². The van der Waals surface area contributed by atoms with Gasteiger partial charge < -0.3 is 15.2 Å². The summed E-state index contributed by atoms with van der Waals surface area (Å²) in [6, 6.07) is 4.92. The van der Waals surface area contributed by atoms with Crippen molar-refractivity contribution >= 4 is 15.8 Å². The summed E-state index contributed by atoms with van der Waals surface area (Å²) >= 11 is 0. The normalized spacial score (nSPS) is 11.2. The second kappa shape index (κ2) is 5.74. The Kier molecular flexibility index (Phi) is 4.59. The molecular formula is C10H15NO5S. The van der Waals surface area contributed by atoms with E-state index in [0.717, 1.165) is 0 Å². The first-order valence-electron chi connectivity index (χ1n) is 4.94. The molecule has 1 rings (SSSR count).